The van der Waals surface area contributed by atoms with Crippen LogP contribution in [0.1, 0.15) is 217 Å². The van der Waals surface area contributed by atoms with Gasteiger partial charge >= 0.3 is 24.2 Å². The molecule has 6 aromatic rings. The smallest absolute Gasteiger partial charge is 0.460 e. The number of carbonyl (C=O) groups is 4. The summed E-state index contributed by atoms with van der Waals surface area (Å²) in [5.74, 6) is -0.139. The number of likely N-dealkylation sites (N-methyl/N-ethyl adjacent to an activating group) is 2. The highest BCUT2D eigenvalue weighted by molar-refractivity contribution is 6.38. The standard InChI is InChI=1S/C78H100N3O10/c1-22-42-81-63-33-29-28-32-58(63)65(66(81)53-30-26-25-27-31-53)64(51-34-38-56(39-35-51)79(23-2)43-45-86-69(82)54-47-59(73(4,5)6)67(60(48-54)74(7,8)9)88-71(84)90-77(16,17)18)52-36-40-57(41-37-52)80(24-3)44-46-87-70(83)55-49-61(75(10,11)12)68(62(50-55)76(13,14)15)89-72(85)91-78(19,20)21/h25-41,47-50H,22-24,42-46H2,1-21H3/q+1. The highest BCUT2D eigenvalue weighted by atomic mass is 16.7. The number of esters is 2. The van der Waals surface area contributed by atoms with Crippen LogP contribution in [0, 0.1) is 0 Å². The SMILES string of the molecule is CCC[N+]1=C(c2ccccc2)C(=C(c2ccc(N(CC)CCOC(=O)c3cc(C(C)(C)C)c(OC(=O)OC(C)(C)C)c(C(C)(C)C)c3)cc2)c2ccc(N(CC)CCOC(=O)c3cc(C(C)(C)C)c(OC(=O)OC(C)(C)C)c(C(C)(C)C)c3)cc2)c2ccccc21. The fourth-order valence-corrected chi connectivity index (χ4v) is 11.3. The first-order valence-electron chi connectivity index (χ1n) is 32.2. The number of allylic oxidation sites excluding steroid dienone is 1. The van der Waals surface area contributed by atoms with Gasteiger partial charge in [-0.25, -0.2) is 19.2 Å². The maximum atomic E-state index is 14.1. The largest absolute Gasteiger partial charge is 0.514 e. The van der Waals surface area contributed by atoms with Crippen molar-refractivity contribution in [2.45, 2.75) is 185 Å². The van der Waals surface area contributed by atoms with Gasteiger partial charge in [0, 0.05) is 70.3 Å². The van der Waals surface area contributed by atoms with E-state index in [9.17, 15) is 19.2 Å². The summed E-state index contributed by atoms with van der Waals surface area (Å²) in [4.78, 5) is 58.8. The summed E-state index contributed by atoms with van der Waals surface area (Å²) < 4.78 is 37.7. The Balaban J connectivity index is 1.19. The molecule has 0 saturated carbocycles. The van der Waals surface area contributed by atoms with Crippen molar-refractivity contribution >= 4 is 58.2 Å². The van der Waals surface area contributed by atoms with Gasteiger partial charge in [-0.3, -0.25) is 0 Å². The molecule has 13 heteroatoms. The van der Waals surface area contributed by atoms with Gasteiger partial charge in [0.1, 0.15) is 42.5 Å². The van der Waals surface area contributed by atoms with E-state index in [1.54, 1.807) is 65.8 Å². The van der Waals surface area contributed by atoms with Crippen molar-refractivity contribution in [1.29, 1.82) is 0 Å². The summed E-state index contributed by atoms with van der Waals surface area (Å²) in [6, 6.07) is 43.8. The minimum absolute atomic E-state index is 0.136. The Kier molecular flexibility index (Phi) is 21.7. The Hall–Kier alpha value is -8.19. The van der Waals surface area contributed by atoms with Crippen LogP contribution in [0.15, 0.2) is 127 Å². The molecule has 0 bridgehead atoms. The first-order chi connectivity index (χ1) is 42.4. The number of nitrogens with zero attached hydrogens (tertiary/aromatic N) is 3. The molecule has 6 aromatic carbocycles. The molecule has 0 saturated heterocycles. The molecule has 0 aliphatic carbocycles. The lowest BCUT2D eigenvalue weighted by Gasteiger charge is -2.30. The fourth-order valence-electron chi connectivity index (χ4n) is 11.3. The molecule has 486 valence electrons. The van der Waals surface area contributed by atoms with E-state index in [1.807, 2.05) is 83.1 Å². The van der Waals surface area contributed by atoms with Gasteiger partial charge in [-0.05, 0) is 155 Å². The number of para-hydroxylation sites is 1. The van der Waals surface area contributed by atoms with Crippen LogP contribution in [0.25, 0.3) is 11.1 Å². The Morgan fingerprint density at radius 2 is 0.802 bits per heavy atom. The number of rotatable bonds is 19. The molecule has 0 atom stereocenters. The summed E-state index contributed by atoms with van der Waals surface area (Å²) in [6.45, 7) is 44.8. The molecule has 1 aliphatic rings. The summed E-state index contributed by atoms with van der Waals surface area (Å²) in [6.07, 6.45) is -0.660. The second kappa shape index (κ2) is 28.1. The molecule has 0 amide bonds. The fraction of sp³-hybridized carbons (Fsp3) is 0.449. The molecular formula is C78H100N3O10+. The molecule has 0 unspecified atom stereocenters. The second-order valence-corrected chi connectivity index (χ2v) is 29.6. The molecule has 0 fully saturated rings. The minimum atomic E-state index is -0.803. The van der Waals surface area contributed by atoms with E-state index in [0.717, 1.165) is 69.1 Å². The lowest BCUT2D eigenvalue weighted by atomic mass is 9.78. The zero-order valence-corrected chi connectivity index (χ0v) is 58.2. The van der Waals surface area contributed by atoms with E-state index in [0.29, 0.717) is 71.1 Å². The molecule has 0 aromatic heterocycles. The Morgan fingerprint density at radius 3 is 1.14 bits per heavy atom. The van der Waals surface area contributed by atoms with Crippen LogP contribution < -0.4 is 19.3 Å². The van der Waals surface area contributed by atoms with E-state index in [2.05, 4.69) is 138 Å². The topological polar surface area (TPSA) is 133 Å². The Labute approximate surface area is 542 Å². The minimum Gasteiger partial charge on any atom is -0.460 e. The number of carbonyl (C=O) groups excluding carboxylic acids is 4. The molecule has 1 aliphatic heterocycles. The molecule has 91 heavy (non-hydrogen) atoms. The predicted octanol–water partition coefficient (Wildman–Crippen LogP) is 18.4. The predicted molar refractivity (Wildman–Crippen MR) is 369 cm³/mol. The summed E-state index contributed by atoms with van der Waals surface area (Å²) in [7, 11) is 0. The number of anilines is 2. The maximum absolute atomic E-state index is 14.1. The normalized spacial score (nSPS) is 12.9. The molecule has 0 radical (unpaired) electrons. The number of hydrogen-bond donors (Lipinski definition) is 0. The average molecular weight is 1240 g/mol. The van der Waals surface area contributed by atoms with Crippen LogP contribution in [0.5, 0.6) is 11.5 Å². The van der Waals surface area contributed by atoms with Crippen molar-refractivity contribution in [3.8, 4) is 11.5 Å². The lowest BCUT2D eigenvalue weighted by molar-refractivity contribution is -0.436. The highest BCUT2D eigenvalue weighted by Gasteiger charge is 2.39. The molecule has 7 rings (SSSR count). The molecule has 1 heterocycles. The first-order valence-corrected chi connectivity index (χ1v) is 32.2. The van der Waals surface area contributed by atoms with Crippen LogP contribution in [-0.4, -0.2) is 91.7 Å². The third kappa shape index (κ3) is 17.7. The zero-order valence-electron chi connectivity index (χ0n) is 58.2. The third-order valence-electron chi connectivity index (χ3n) is 15.7. The second-order valence-electron chi connectivity index (χ2n) is 29.6. The number of fused-ring (bicyclic) bond motifs is 1. The molecular weight excluding hydrogens is 1140 g/mol. The van der Waals surface area contributed by atoms with E-state index in [-0.39, 0.29) is 13.2 Å². The quantitative estimate of drug-likeness (QED) is 0.0331. The third-order valence-corrected chi connectivity index (χ3v) is 15.7. The number of benzene rings is 6. The molecule has 0 N–H and O–H groups in total. The Bertz CT molecular complexity index is 3400. The number of ether oxygens (including phenoxy) is 6. The van der Waals surface area contributed by atoms with Gasteiger partial charge in [-0.15, -0.1) is 0 Å². The molecule has 0 spiro atoms. The summed E-state index contributed by atoms with van der Waals surface area (Å²) in [5.41, 5.74) is 10.9. The first kappa shape index (κ1) is 70.3. The van der Waals surface area contributed by atoms with Gasteiger partial charge < -0.3 is 38.2 Å². The van der Waals surface area contributed by atoms with Crippen molar-refractivity contribution in [2.75, 3.05) is 55.7 Å². The number of hydrogen-bond acceptors (Lipinski definition) is 12. The van der Waals surface area contributed by atoms with Gasteiger partial charge in [0.15, 0.2) is 0 Å². The van der Waals surface area contributed by atoms with Crippen LogP contribution in [0.2, 0.25) is 0 Å². The van der Waals surface area contributed by atoms with E-state index >= 15 is 0 Å². The Morgan fingerprint density at radius 1 is 0.440 bits per heavy atom. The van der Waals surface area contributed by atoms with Crippen molar-refractivity contribution in [3.63, 3.8) is 0 Å². The van der Waals surface area contributed by atoms with Crippen LogP contribution in [-0.2, 0) is 40.6 Å². The lowest BCUT2D eigenvalue weighted by Crippen LogP contribution is -2.29. The van der Waals surface area contributed by atoms with Gasteiger partial charge in [0.2, 0.25) is 11.4 Å². The van der Waals surface area contributed by atoms with Crippen LogP contribution in [0.3, 0.4) is 0 Å². The van der Waals surface area contributed by atoms with Crippen molar-refractivity contribution in [2.24, 2.45) is 0 Å². The van der Waals surface area contributed by atoms with Crippen molar-refractivity contribution in [1.82, 2.24) is 0 Å². The summed E-state index contributed by atoms with van der Waals surface area (Å²) >= 11 is 0. The monoisotopic (exact) mass is 1240 g/mol. The molecule has 13 nitrogen and oxygen atoms in total. The van der Waals surface area contributed by atoms with Gasteiger partial charge in [-0.1, -0.05) is 145 Å². The van der Waals surface area contributed by atoms with E-state index in [4.69, 9.17) is 28.4 Å². The summed E-state index contributed by atoms with van der Waals surface area (Å²) in [5, 5.41) is 0. The van der Waals surface area contributed by atoms with Gasteiger partial charge in [0.25, 0.3) is 0 Å². The van der Waals surface area contributed by atoms with Gasteiger partial charge in [0.05, 0.1) is 35.4 Å². The van der Waals surface area contributed by atoms with E-state index in [1.165, 1.54) is 0 Å². The highest BCUT2D eigenvalue weighted by Crippen LogP contribution is 2.46. The van der Waals surface area contributed by atoms with E-state index < -0.39 is 57.1 Å². The van der Waals surface area contributed by atoms with Crippen LogP contribution >= 0.6 is 0 Å². The maximum Gasteiger partial charge on any atom is 0.514 e. The van der Waals surface area contributed by atoms with Gasteiger partial charge in [-0.2, -0.15) is 4.58 Å². The average Bonchev–Trinajstić information content (AvgIpc) is 1.69. The zero-order chi connectivity index (χ0) is 67.2. The van der Waals surface area contributed by atoms with Crippen LogP contribution in [0.4, 0.5) is 26.7 Å². The van der Waals surface area contributed by atoms with Crippen molar-refractivity contribution in [3.05, 3.63) is 183 Å². The van der Waals surface area contributed by atoms with Crippen molar-refractivity contribution < 1.29 is 52.2 Å².